The molecule has 4 heterocycles. The Labute approximate surface area is 240 Å². The van der Waals surface area contributed by atoms with Gasteiger partial charge in [0.2, 0.25) is 10.0 Å². The van der Waals surface area contributed by atoms with Crippen LogP contribution in [0.4, 0.5) is 10.6 Å². The Kier molecular flexibility index (Phi) is 7.45. The molecule has 12 heteroatoms. The number of hydrogen-bond donors (Lipinski definition) is 0. The van der Waals surface area contributed by atoms with Crippen LogP contribution in [0.2, 0.25) is 0 Å². The highest BCUT2D eigenvalue weighted by atomic mass is 32.2. The Morgan fingerprint density at radius 2 is 1.71 bits per heavy atom. The third kappa shape index (κ3) is 5.74. The molecule has 5 rings (SSSR count). The number of amides is 1. The van der Waals surface area contributed by atoms with Gasteiger partial charge in [-0.3, -0.25) is 9.97 Å². The molecule has 41 heavy (non-hydrogen) atoms. The summed E-state index contributed by atoms with van der Waals surface area (Å²) in [5.74, 6) is 0.379. The number of aryl methyl sites for hydroxylation is 1. The fourth-order valence-corrected chi connectivity index (χ4v) is 6.57. The molecule has 0 unspecified atom stereocenters. The van der Waals surface area contributed by atoms with Crippen LogP contribution in [0.3, 0.4) is 0 Å². The highest BCUT2D eigenvalue weighted by Gasteiger charge is 2.37. The Morgan fingerprint density at radius 3 is 2.39 bits per heavy atom. The standard InChI is InChI=1S/C29H35N7O4S/c1-19-15-35(28(37)40-29(4,5)6)20(2)14-34(19)26-24-23(25-21(3)30-12-13-31-25)16-36(27(24)33-18-32-26)41(38,39)17-22-10-8-7-9-11-22/h7-13,16,18-20H,14-15,17H2,1-6H3/t19-,20+/m0/s1. The van der Waals surface area contributed by atoms with E-state index in [1.807, 2.05) is 59.7 Å². The number of rotatable bonds is 5. The molecule has 11 nitrogen and oxygen atoms in total. The van der Waals surface area contributed by atoms with E-state index in [-0.39, 0.29) is 29.6 Å². The highest BCUT2D eigenvalue weighted by molar-refractivity contribution is 7.89. The van der Waals surface area contributed by atoms with Gasteiger partial charge in [-0.25, -0.2) is 27.2 Å². The van der Waals surface area contributed by atoms with Crippen LogP contribution in [0, 0.1) is 6.92 Å². The van der Waals surface area contributed by atoms with Crippen LogP contribution in [0.25, 0.3) is 22.3 Å². The van der Waals surface area contributed by atoms with Crippen molar-refractivity contribution in [2.75, 3.05) is 18.0 Å². The minimum Gasteiger partial charge on any atom is -0.444 e. The molecule has 1 amide bonds. The Hall–Kier alpha value is -4.06. The number of hydrogen-bond acceptors (Lipinski definition) is 9. The van der Waals surface area contributed by atoms with Gasteiger partial charge in [0.1, 0.15) is 17.7 Å². The van der Waals surface area contributed by atoms with Crippen LogP contribution in [-0.4, -0.2) is 74.1 Å². The van der Waals surface area contributed by atoms with E-state index >= 15 is 0 Å². The molecular formula is C29H35N7O4S. The fraction of sp³-hybridized carbons (Fsp3) is 0.414. The van der Waals surface area contributed by atoms with Gasteiger partial charge in [-0.05, 0) is 47.1 Å². The molecule has 216 valence electrons. The summed E-state index contributed by atoms with van der Waals surface area (Å²) in [6.07, 6.45) is 5.78. The molecule has 0 saturated carbocycles. The van der Waals surface area contributed by atoms with E-state index in [9.17, 15) is 13.2 Å². The van der Waals surface area contributed by atoms with Crippen LogP contribution < -0.4 is 4.90 Å². The number of carbonyl (C=O) groups is 1. The lowest BCUT2D eigenvalue weighted by molar-refractivity contribution is 0.0130. The Bertz CT molecular complexity index is 1680. The Morgan fingerprint density at radius 1 is 1.00 bits per heavy atom. The van der Waals surface area contributed by atoms with E-state index in [0.29, 0.717) is 46.8 Å². The van der Waals surface area contributed by atoms with Crippen molar-refractivity contribution in [3.8, 4) is 11.3 Å². The van der Waals surface area contributed by atoms with E-state index in [0.717, 1.165) is 0 Å². The van der Waals surface area contributed by atoms with Gasteiger partial charge in [-0.1, -0.05) is 30.3 Å². The van der Waals surface area contributed by atoms with Crippen molar-refractivity contribution in [3.63, 3.8) is 0 Å². The minimum atomic E-state index is -3.86. The van der Waals surface area contributed by atoms with Crippen molar-refractivity contribution < 1.29 is 17.9 Å². The summed E-state index contributed by atoms with van der Waals surface area (Å²) >= 11 is 0. The van der Waals surface area contributed by atoms with E-state index in [2.05, 4.69) is 24.8 Å². The summed E-state index contributed by atoms with van der Waals surface area (Å²) in [5, 5.41) is 0.567. The molecule has 2 atom stereocenters. The topological polar surface area (TPSA) is 123 Å². The van der Waals surface area contributed by atoms with E-state index < -0.39 is 15.6 Å². The van der Waals surface area contributed by atoms with Gasteiger partial charge in [-0.2, -0.15) is 0 Å². The van der Waals surface area contributed by atoms with Crippen LogP contribution >= 0.6 is 0 Å². The number of anilines is 1. The first-order valence-electron chi connectivity index (χ1n) is 13.5. The van der Waals surface area contributed by atoms with Crippen molar-refractivity contribution in [2.45, 2.75) is 65.0 Å². The summed E-state index contributed by atoms with van der Waals surface area (Å²) < 4.78 is 34.4. The SMILES string of the molecule is Cc1nccnc1-c1cn(S(=O)(=O)Cc2ccccc2)c2ncnc(N3C[C@@H](C)N(C(=O)OC(C)(C)C)C[C@@H]3C)c12. The molecule has 0 bridgehead atoms. The summed E-state index contributed by atoms with van der Waals surface area (Å²) in [5.41, 5.74) is 2.11. The predicted octanol–water partition coefficient (Wildman–Crippen LogP) is 4.41. The van der Waals surface area contributed by atoms with Crippen LogP contribution in [0.1, 0.15) is 45.9 Å². The van der Waals surface area contributed by atoms with E-state index in [4.69, 9.17) is 4.74 Å². The number of fused-ring (bicyclic) bond motifs is 1. The first-order chi connectivity index (χ1) is 19.4. The second-order valence-corrected chi connectivity index (χ2v) is 13.3. The average molecular weight is 578 g/mol. The number of carbonyl (C=O) groups excluding carboxylic acids is 1. The third-order valence-electron chi connectivity index (χ3n) is 7.05. The van der Waals surface area contributed by atoms with Gasteiger partial charge in [0.15, 0.2) is 5.65 Å². The number of ether oxygens (including phenoxy) is 1. The van der Waals surface area contributed by atoms with Crippen molar-refractivity contribution in [1.29, 1.82) is 0 Å². The van der Waals surface area contributed by atoms with Crippen molar-refractivity contribution >= 4 is 33.0 Å². The van der Waals surface area contributed by atoms with Gasteiger partial charge in [-0.15, -0.1) is 0 Å². The molecule has 4 aromatic rings. The second kappa shape index (κ2) is 10.7. The average Bonchev–Trinajstić information content (AvgIpc) is 3.30. The lowest BCUT2D eigenvalue weighted by atomic mass is 10.1. The fourth-order valence-electron chi connectivity index (χ4n) is 5.15. The van der Waals surface area contributed by atoms with Gasteiger partial charge in [0.05, 0.1) is 22.5 Å². The molecule has 0 radical (unpaired) electrons. The molecule has 0 spiro atoms. The van der Waals surface area contributed by atoms with Crippen LogP contribution in [0.5, 0.6) is 0 Å². The monoisotopic (exact) mass is 577 g/mol. The van der Waals surface area contributed by atoms with Crippen molar-refractivity contribution in [2.24, 2.45) is 0 Å². The van der Waals surface area contributed by atoms with Crippen LogP contribution in [-0.2, 0) is 20.5 Å². The third-order valence-corrected chi connectivity index (χ3v) is 8.62. The number of aromatic nitrogens is 5. The van der Waals surface area contributed by atoms with Gasteiger partial charge >= 0.3 is 6.09 Å². The quantitative estimate of drug-likeness (QED) is 0.339. The van der Waals surface area contributed by atoms with Gasteiger partial charge in [0.25, 0.3) is 0 Å². The maximum Gasteiger partial charge on any atom is 0.410 e. The highest BCUT2D eigenvalue weighted by Crippen LogP contribution is 2.38. The molecule has 3 aromatic heterocycles. The molecular weight excluding hydrogens is 542 g/mol. The zero-order valence-electron chi connectivity index (χ0n) is 24.1. The van der Waals surface area contributed by atoms with Gasteiger partial charge < -0.3 is 14.5 Å². The van der Waals surface area contributed by atoms with E-state index in [1.165, 1.54) is 10.3 Å². The summed E-state index contributed by atoms with van der Waals surface area (Å²) in [7, 11) is -3.86. The van der Waals surface area contributed by atoms with Gasteiger partial charge in [0, 0.05) is 49.3 Å². The second-order valence-electron chi connectivity index (χ2n) is 11.4. The number of piperazine rings is 1. The molecule has 1 saturated heterocycles. The lowest BCUT2D eigenvalue weighted by Crippen LogP contribution is -2.59. The summed E-state index contributed by atoms with van der Waals surface area (Å²) in [6, 6.07) is 8.71. The molecule has 0 aliphatic carbocycles. The maximum atomic E-state index is 13.8. The predicted molar refractivity (Wildman–Crippen MR) is 157 cm³/mol. The number of benzene rings is 1. The Balaban J connectivity index is 1.62. The summed E-state index contributed by atoms with van der Waals surface area (Å²) in [4.78, 5) is 34.8. The molecule has 1 aliphatic heterocycles. The van der Waals surface area contributed by atoms with Crippen molar-refractivity contribution in [1.82, 2.24) is 28.8 Å². The van der Waals surface area contributed by atoms with Crippen LogP contribution in [0.15, 0.2) is 55.2 Å². The first-order valence-corrected chi connectivity index (χ1v) is 15.1. The normalized spacial score (nSPS) is 18.1. The zero-order valence-corrected chi connectivity index (χ0v) is 25.0. The smallest absolute Gasteiger partial charge is 0.410 e. The largest absolute Gasteiger partial charge is 0.444 e. The molecule has 1 fully saturated rings. The summed E-state index contributed by atoms with van der Waals surface area (Å²) in [6.45, 7) is 12.2. The number of nitrogens with zero attached hydrogens (tertiary/aromatic N) is 7. The minimum absolute atomic E-state index is 0.142. The molecule has 0 N–H and O–H groups in total. The lowest BCUT2D eigenvalue weighted by Gasteiger charge is -2.44. The van der Waals surface area contributed by atoms with Crippen molar-refractivity contribution in [3.05, 3.63) is 66.5 Å². The molecule has 1 aromatic carbocycles. The zero-order chi connectivity index (χ0) is 29.5. The first kappa shape index (κ1) is 28.5. The maximum absolute atomic E-state index is 13.8. The van der Waals surface area contributed by atoms with E-state index in [1.54, 1.807) is 35.6 Å². The molecule has 1 aliphatic rings.